The highest BCUT2D eigenvalue weighted by Gasteiger charge is 2.25. The molecule has 2 rings (SSSR count). The maximum atomic E-state index is 11.9. The molecular weight excluding hydrogens is 242 g/mol. The molecule has 6 heteroatoms. The van der Waals surface area contributed by atoms with Crippen molar-refractivity contribution in [1.82, 2.24) is 9.80 Å². The molecule has 0 radical (unpaired) electrons. The number of hydrogen-bond acceptors (Lipinski definition) is 4. The Kier molecular flexibility index (Phi) is 6.19. The summed E-state index contributed by atoms with van der Waals surface area (Å²) in [4.78, 5) is 16.1. The van der Waals surface area contributed by atoms with Crippen LogP contribution >= 0.6 is 12.4 Å². The van der Waals surface area contributed by atoms with Crippen molar-refractivity contribution in [2.45, 2.75) is 6.42 Å². The second kappa shape index (κ2) is 7.16. The van der Waals surface area contributed by atoms with Gasteiger partial charge in [-0.25, -0.2) is 0 Å². The van der Waals surface area contributed by atoms with E-state index in [1.54, 1.807) is 0 Å². The number of carbonyl (C=O) groups is 1. The van der Waals surface area contributed by atoms with Crippen molar-refractivity contribution in [3.05, 3.63) is 0 Å². The Morgan fingerprint density at radius 1 is 1.29 bits per heavy atom. The second-order valence-corrected chi connectivity index (χ2v) is 4.62. The molecule has 2 aliphatic heterocycles. The van der Waals surface area contributed by atoms with Crippen LogP contribution in [0.25, 0.3) is 0 Å². The summed E-state index contributed by atoms with van der Waals surface area (Å²) in [6.45, 7) is 6.12. The summed E-state index contributed by atoms with van der Waals surface area (Å²) in [6.07, 6.45) is 1.13. The minimum absolute atomic E-state index is 0. The predicted octanol–water partition coefficient (Wildman–Crippen LogP) is -0.452. The van der Waals surface area contributed by atoms with Gasteiger partial charge in [0.25, 0.3) is 0 Å². The van der Waals surface area contributed by atoms with E-state index >= 15 is 0 Å². The minimum Gasteiger partial charge on any atom is -0.378 e. The fourth-order valence-corrected chi connectivity index (χ4v) is 2.35. The summed E-state index contributed by atoms with van der Waals surface area (Å²) in [5.74, 6) is 0.818. The van der Waals surface area contributed by atoms with Gasteiger partial charge in [0.05, 0.1) is 19.8 Å². The molecule has 1 atom stereocenters. The van der Waals surface area contributed by atoms with Crippen LogP contribution in [-0.2, 0) is 9.53 Å². The lowest BCUT2D eigenvalue weighted by molar-refractivity contribution is -0.136. The van der Waals surface area contributed by atoms with Crippen molar-refractivity contribution in [2.24, 2.45) is 11.7 Å². The lowest BCUT2D eigenvalue weighted by atomic mass is 10.1. The van der Waals surface area contributed by atoms with Crippen LogP contribution in [0.2, 0.25) is 0 Å². The first-order chi connectivity index (χ1) is 7.79. The Morgan fingerprint density at radius 2 is 2.00 bits per heavy atom. The first-order valence-electron chi connectivity index (χ1n) is 6.07. The van der Waals surface area contributed by atoms with Gasteiger partial charge in [0.2, 0.25) is 5.91 Å². The quantitative estimate of drug-likeness (QED) is 0.749. The zero-order valence-corrected chi connectivity index (χ0v) is 11.0. The molecule has 5 nitrogen and oxygen atoms in total. The number of amides is 1. The van der Waals surface area contributed by atoms with Crippen molar-refractivity contribution < 1.29 is 9.53 Å². The topological polar surface area (TPSA) is 58.8 Å². The smallest absolute Gasteiger partial charge is 0.236 e. The van der Waals surface area contributed by atoms with Crippen LogP contribution < -0.4 is 5.73 Å². The standard InChI is InChI=1S/C11H21N3O2.ClH/c12-7-10-1-2-13(8-10)9-11(15)14-3-5-16-6-4-14;/h10H,1-9,12H2;1H. The van der Waals surface area contributed by atoms with Gasteiger partial charge in [-0.1, -0.05) is 0 Å². The van der Waals surface area contributed by atoms with Crippen LogP contribution in [0.5, 0.6) is 0 Å². The zero-order chi connectivity index (χ0) is 11.4. The van der Waals surface area contributed by atoms with Crippen LogP contribution in [0.1, 0.15) is 6.42 Å². The van der Waals surface area contributed by atoms with E-state index in [1.165, 1.54) is 0 Å². The van der Waals surface area contributed by atoms with E-state index in [2.05, 4.69) is 4.90 Å². The Hall–Kier alpha value is -0.360. The predicted molar refractivity (Wildman–Crippen MR) is 68.2 cm³/mol. The van der Waals surface area contributed by atoms with Gasteiger partial charge in [0, 0.05) is 19.6 Å². The maximum absolute atomic E-state index is 11.9. The Morgan fingerprint density at radius 3 is 2.59 bits per heavy atom. The molecule has 100 valence electrons. The van der Waals surface area contributed by atoms with E-state index in [1.807, 2.05) is 4.90 Å². The SMILES string of the molecule is Cl.NCC1CCN(CC(=O)N2CCOCC2)C1. The lowest BCUT2D eigenvalue weighted by Gasteiger charge is -2.28. The number of carbonyl (C=O) groups excluding carboxylic acids is 1. The van der Waals surface area contributed by atoms with Crippen LogP contribution in [0.3, 0.4) is 0 Å². The summed E-state index contributed by atoms with van der Waals surface area (Å²) in [5, 5.41) is 0. The number of morpholine rings is 1. The van der Waals surface area contributed by atoms with E-state index in [9.17, 15) is 4.79 Å². The van der Waals surface area contributed by atoms with Crippen molar-refractivity contribution in [3.8, 4) is 0 Å². The zero-order valence-electron chi connectivity index (χ0n) is 10.1. The summed E-state index contributed by atoms with van der Waals surface area (Å²) in [7, 11) is 0. The van der Waals surface area contributed by atoms with Gasteiger partial charge in [-0.05, 0) is 25.4 Å². The fourth-order valence-electron chi connectivity index (χ4n) is 2.35. The van der Waals surface area contributed by atoms with Crippen LogP contribution in [0.4, 0.5) is 0 Å². The monoisotopic (exact) mass is 263 g/mol. The Balaban J connectivity index is 0.00000144. The number of rotatable bonds is 3. The summed E-state index contributed by atoms with van der Waals surface area (Å²) in [5.41, 5.74) is 5.63. The highest BCUT2D eigenvalue weighted by Crippen LogP contribution is 2.14. The van der Waals surface area contributed by atoms with Gasteiger partial charge in [0.15, 0.2) is 0 Å². The van der Waals surface area contributed by atoms with Crippen molar-refractivity contribution >= 4 is 18.3 Å². The molecule has 0 bridgehead atoms. The molecule has 2 heterocycles. The fraction of sp³-hybridized carbons (Fsp3) is 0.909. The van der Waals surface area contributed by atoms with Gasteiger partial charge in [-0.3, -0.25) is 9.69 Å². The molecule has 0 spiro atoms. The van der Waals surface area contributed by atoms with E-state index in [4.69, 9.17) is 10.5 Å². The molecule has 1 unspecified atom stereocenters. The van der Waals surface area contributed by atoms with Gasteiger partial charge in [-0.2, -0.15) is 0 Å². The molecule has 0 aromatic heterocycles. The summed E-state index contributed by atoms with van der Waals surface area (Å²) < 4.78 is 5.23. The van der Waals surface area contributed by atoms with E-state index in [0.29, 0.717) is 25.7 Å². The lowest BCUT2D eigenvalue weighted by Crippen LogP contribution is -2.45. The molecule has 1 amide bonds. The van der Waals surface area contributed by atoms with Crippen molar-refractivity contribution in [2.75, 3.05) is 52.5 Å². The summed E-state index contributed by atoms with van der Waals surface area (Å²) >= 11 is 0. The third kappa shape index (κ3) is 4.10. The third-order valence-corrected chi connectivity index (χ3v) is 3.43. The molecule has 0 aromatic rings. The van der Waals surface area contributed by atoms with Crippen molar-refractivity contribution in [3.63, 3.8) is 0 Å². The number of hydrogen-bond donors (Lipinski definition) is 1. The third-order valence-electron chi connectivity index (χ3n) is 3.43. The average molecular weight is 264 g/mol. The molecule has 0 saturated carbocycles. The first kappa shape index (κ1) is 14.7. The normalized spacial score (nSPS) is 25.7. The van der Waals surface area contributed by atoms with E-state index < -0.39 is 0 Å². The molecular formula is C11H22ClN3O2. The van der Waals surface area contributed by atoms with Crippen LogP contribution in [-0.4, -0.2) is 68.2 Å². The van der Waals surface area contributed by atoms with Crippen LogP contribution in [0, 0.1) is 5.92 Å². The number of nitrogens with two attached hydrogens (primary N) is 1. The van der Waals surface area contributed by atoms with Gasteiger partial charge >= 0.3 is 0 Å². The van der Waals surface area contributed by atoms with E-state index in [-0.39, 0.29) is 18.3 Å². The first-order valence-corrected chi connectivity index (χ1v) is 6.07. The highest BCUT2D eigenvalue weighted by atomic mass is 35.5. The van der Waals surface area contributed by atoms with Crippen molar-refractivity contribution in [1.29, 1.82) is 0 Å². The number of likely N-dealkylation sites (tertiary alicyclic amines) is 1. The van der Waals surface area contributed by atoms with Gasteiger partial charge < -0.3 is 15.4 Å². The van der Waals surface area contributed by atoms with Gasteiger partial charge in [0.1, 0.15) is 0 Å². The maximum Gasteiger partial charge on any atom is 0.236 e. The molecule has 2 N–H and O–H groups in total. The second-order valence-electron chi connectivity index (χ2n) is 4.62. The molecule has 0 aromatic carbocycles. The average Bonchev–Trinajstić information content (AvgIpc) is 2.78. The molecule has 17 heavy (non-hydrogen) atoms. The number of halogens is 1. The summed E-state index contributed by atoms with van der Waals surface area (Å²) in [6, 6.07) is 0. The highest BCUT2D eigenvalue weighted by molar-refractivity contribution is 5.85. The van der Waals surface area contributed by atoms with Crippen LogP contribution in [0.15, 0.2) is 0 Å². The Labute approximate surface area is 109 Å². The number of nitrogens with zero attached hydrogens (tertiary/aromatic N) is 2. The molecule has 2 fully saturated rings. The molecule has 2 saturated heterocycles. The van der Waals surface area contributed by atoms with E-state index in [0.717, 1.165) is 39.1 Å². The number of ether oxygens (including phenoxy) is 1. The Bertz CT molecular complexity index is 247. The minimum atomic E-state index is 0. The van der Waals surface area contributed by atoms with Gasteiger partial charge in [-0.15, -0.1) is 12.4 Å². The molecule has 0 aliphatic carbocycles. The molecule has 2 aliphatic rings. The largest absolute Gasteiger partial charge is 0.378 e.